The van der Waals surface area contributed by atoms with Crippen molar-refractivity contribution in [3.8, 4) is 23.0 Å². The van der Waals surface area contributed by atoms with Crippen LogP contribution in [0, 0.1) is 0 Å². The third-order valence-electron chi connectivity index (χ3n) is 6.63. The SMILES string of the molecule is COc1cc(C(=O)NNC(=O)c2sc3cc(Oc4cccc(O)c4)ccc3c2Cl)ccc1C(=O)N1CCN(C)CC1. The van der Waals surface area contributed by atoms with E-state index in [2.05, 4.69) is 15.8 Å². The van der Waals surface area contributed by atoms with E-state index in [0.717, 1.165) is 24.4 Å². The number of fused-ring (bicyclic) bond motifs is 1. The number of hydrazine groups is 1. The van der Waals surface area contributed by atoms with E-state index in [-0.39, 0.29) is 32.9 Å². The van der Waals surface area contributed by atoms with E-state index in [1.54, 1.807) is 47.4 Å². The molecule has 212 valence electrons. The monoisotopic (exact) mass is 594 g/mol. The summed E-state index contributed by atoms with van der Waals surface area (Å²) in [7, 11) is 3.44. The normalized spacial score (nSPS) is 13.6. The number of amides is 3. The van der Waals surface area contributed by atoms with E-state index < -0.39 is 11.8 Å². The van der Waals surface area contributed by atoms with Crippen molar-refractivity contribution < 1.29 is 29.0 Å². The molecule has 10 nitrogen and oxygen atoms in total. The fourth-order valence-electron chi connectivity index (χ4n) is 4.37. The van der Waals surface area contributed by atoms with Crippen molar-refractivity contribution >= 4 is 50.7 Å². The molecule has 3 N–H and O–H groups in total. The van der Waals surface area contributed by atoms with Crippen LogP contribution in [0.25, 0.3) is 10.1 Å². The number of piperazine rings is 1. The minimum Gasteiger partial charge on any atom is -0.508 e. The summed E-state index contributed by atoms with van der Waals surface area (Å²) in [6.07, 6.45) is 0. The summed E-state index contributed by atoms with van der Waals surface area (Å²) < 4.78 is 11.9. The molecule has 5 rings (SSSR count). The molecule has 0 atom stereocenters. The van der Waals surface area contributed by atoms with Crippen LogP contribution in [-0.4, -0.2) is 73.0 Å². The standard InChI is InChI=1S/C29H27ClN4O6S/c1-33-10-12-34(13-11-33)29(38)21-8-6-17(14-23(21)39-2)27(36)31-32-28(37)26-25(30)22-9-7-20(16-24(22)41-26)40-19-5-3-4-18(35)15-19/h3-9,14-16,35H,10-13H2,1-2H3,(H,31,36)(H,32,37). The molecule has 1 fully saturated rings. The maximum absolute atomic E-state index is 13.0. The molecule has 1 saturated heterocycles. The van der Waals surface area contributed by atoms with Crippen LogP contribution in [0.5, 0.6) is 23.0 Å². The van der Waals surface area contributed by atoms with Crippen LogP contribution in [0.1, 0.15) is 30.4 Å². The molecule has 0 radical (unpaired) electrons. The summed E-state index contributed by atoms with van der Waals surface area (Å²) >= 11 is 7.63. The zero-order valence-electron chi connectivity index (χ0n) is 22.3. The van der Waals surface area contributed by atoms with Crippen LogP contribution in [0.3, 0.4) is 0 Å². The molecule has 1 aromatic heterocycles. The van der Waals surface area contributed by atoms with Gasteiger partial charge in [-0.1, -0.05) is 17.7 Å². The number of likely N-dealkylation sites (N-methyl/N-ethyl adjacent to an activating group) is 1. The van der Waals surface area contributed by atoms with Gasteiger partial charge in [-0.05, 0) is 55.6 Å². The predicted octanol–water partition coefficient (Wildman–Crippen LogP) is 4.52. The Bertz CT molecular complexity index is 1630. The smallest absolute Gasteiger partial charge is 0.281 e. The highest BCUT2D eigenvalue weighted by Gasteiger charge is 2.24. The Labute approximate surface area is 245 Å². The van der Waals surface area contributed by atoms with Crippen molar-refractivity contribution in [1.82, 2.24) is 20.7 Å². The topological polar surface area (TPSA) is 120 Å². The van der Waals surface area contributed by atoms with E-state index in [0.29, 0.717) is 40.2 Å². The van der Waals surface area contributed by atoms with Gasteiger partial charge in [0.05, 0.1) is 17.7 Å². The molecule has 0 saturated carbocycles. The lowest BCUT2D eigenvalue weighted by Gasteiger charge is -2.32. The molecular formula is C29H27ClN4O6S. The number of nitrogens with one attached hydrogen (secondary N) is 2. The fourth-order valence-corrected chi connectivity index (χ4v) is 5.81. The van der Waals surface area contributed by atoms with E-state index in [1.165, 1.54) is 25.3 Å². The molecule has 1 aliphatic rings. The van der Waals surface area contributed by atoms with Crippen molar-refractivity contribution in [1.29, 1.82) is 0 Å². The molecule has 3 aromatic carbocycles. The Morgan fingerprint density at radius 3 is 2.39 bits per heavy atom. The number of nitrogens with zero attached hydrogens (tertiary/aromatic N) is 2. The Morgan fingerprint density at radius 2 is 1.66 bits per heavy atom. The number of carbonyl (C=O) groups excluding carboxylic acids is 3. The maximum atomic E-state index is 13.0. The Balaban J connectivity index is 1.25. The molecule has 0 unspecified atom stereocenters. The molecule has 12 heteroatoms. The second kappa shape index (κ2) is 12.0. The lowest BCUT2D eigenvalue weighted by molar-refractivity contribution is 0.0660. The van der Waals surface area contributed by atoms with Gasteiger partial charge in [-0.25, -0.2) is 0 Å². The van der Waals surface area contributed by atoms with Gasteiger partial charge in [-0.15, -0.1) is 11.3 Å². The number of phenols is 1. The van der Waals surface area contributed by atoms with Gasteiger partial charge >= 0.3 is 0 Å². The van der Waals surface area contributed by atoms with Gasteiger partial charge in [0.25, 0.3) is 17.7 Å². The van der Waals surface area contributed by atoms with Gasteiger partial charge in [0.1, 0.15) is 27.9 Å². The zero-order chi connectivity index (χ0) is 29.1. The second-order valence-corrected chi connectivity index (χ2v) is 10.9. The van der Waals surface area contributed by atoms with Crippen molar-refractivity contribution in [3.63, 3.8) is 0 Å². The van der Waals surface area contributed by atoms with Crippen LogP contribution in [0.15, 0.2) is 60.7 Å². The molecule has 0 spiro atoms. The first-order valence-corrected chi connectivity index (χ1v) is 13.9. The quantitative estimate of drug-likeness (QED) is 0.281. The molecule has 4 aromatic rings. The van der Waals surface area contributed by atoms with Gasteiger partial charge in [-0.2, -0.15) is 0 Å². The van der Waals surface area contributed by atoms with E-state index in [9.17, 15) is 19.5 Å². The summed E-state index contributed by atoms with van der Waals surface area (Å²) in [6.45, 7) is 2.79. The van der Waals surface area contributed by atoms with Gasteiger partial charge in [-0.3, -0.25) is 25.2 Å². The number of rotatable bonds is 6. The highest BCUT2D eigenvalue weighted by atomic mass is 35.5. The summed E-state index contributed by atoms with van der Waals surface area (Å²) in [6, 6.07) is 16.1. The number of hydrogen-bond acceptors (Lipinski definition) is 8. The average molecular weight is 595 g/mol. The molecule has 0 bridgehead atoms. The first kappa shape index (κ1) is 28.2. The first-order chi connectivity index (χ1) is 19.7. The Kier molecular flexibility index (Phi) is 8.29. The second-order valence-electron chi connectivity index (χ2n) is 9.42. The number of carbonyl (C=O) groups is 3. The van der Waals surface area contributed by atoms with Crippen molar-refractivity contribution in [2.45, 2.75) is 0 Å². The highest BCUT2D eigenvalue weighted by Crippen LogP contribution is 2.38. The van der Waals surface area contributed by atoms with Crippen LogP contribution in [-0.2, 0) is 0 Å². The highest BCUT2D eigenvalue weighted by molar-refractivity contribution is 7.21. The summed E-state index contributed by atoms with van der Waals surface area (Å²) in [5.74, 6) is -0.0273. The van der Waals surface area contributed by atoms with Gasteiger partial charge in [0, 0.05) is 47.9 Å². The molecular weight excluding hydrogens is 568 g/mol. The van der Waals surface area contributed by atoms with Crippen LogP contribution < -0.4 is 20.3 Å². The number of thiophene rings is 1. The Hall–Kier alpha value is -4.32. The number of phenolic OH excluding ortho intramolecular Hbond substituents is 1. The molecule has 0 aliphatic carbocycles. The fraction of sp³-hybridized carbons (Fsp3) is 0.207. The maximum Gasteiger partial charge on any atom is 0.281 e. The lowest BCUT2D eigenvalue weighted by Crippen LogP contribution is -2.47. The van der Waals surface area contributed by atoms with Gasteiger partial charge < -0.3 is 24.4 Å². The van der Waals surface area contributed by atoms with Crippen LogP contribution in [0.2, 0.25) is 5.02 Å². The van der Waals surface area contributed by atoms with Gasteiger partial charge in [0.2, 0.25) is 0 Å². The zero-order valence-corrected chi connectivity index (χ0v) is 23.8. The first-order valence-electron chi connectivity index (χ1n) is 12.7. The largest absolute Gasteiger partial charge is 0.508 e. The third kappa shape index (κ3) is 6.22. The number of halogens is 1. The molecule has 2 heterocycles. The van der Waals surface area contributed by atoms with Gasteiger partial charge in [0.15, 0.2) is 0 Å². The number of benzene rings is 3. The van der Waals surface area contributed by atoms with Crippen molar-refractivity contribution in [3.05, 3.63) is 81.7 Å². The summed E-state index contributed by atoms with van der Waals surface area (Å²) in [5.41, 5.74) is 5.35. The number of hydrogen-bond donors (Lipinski definition) is 3. The molecule has 41 heavy (non-hydrogen) atoms. The number of aromatic hydroxyl groups is 1. The lowest BCUT2D eigenvalue weighted by atomic mass is 10.1. The average Bonchev–Trinajstić information content (AvgIpc) is 3.30. The van der Waals surface area contributed by atoms with E-state index >= 15 is 0 Å². The van der Waals surface area contributed by atoms with Crippen LogP contribution in [0.4, 0.5) is 0 Å². The third-order valence-corrected chi connectivity index (χ3v) is 8.29. The summed E-state index contributed by atoms with van der Waals surface area (Å²) in [4.78, 5) is 42.9. The Morgan fingerprint density at radius 1 is 0.927 bits per heavy atom. The summed E-state index contributed by atoms with van der Waals surface area (Å²) in [5, 5.41) is 10.5. The number of ether oxygens (including phenoxy) is 2. The van der Waals surface area contributed by atoms with Crippen LogP contribution >= 0.6 is 22.9 Å². The predicted molar refractivity (Wildman–Crippen MR) is 156 cm³/mol. The van der Waals surface area contributed by atoms with Crippen molar-refractivity contribution in [2.75, 3.05) is 40.3 Å². The van der Waals surface area contributed by atoms with E-state index in [4.69, 9.17) is 21.1 Å². The minimum atomic E-state index is -0.589. The molecule has 3 amide bonds. The van der Waals surface area contributed by atoms with E-state index in [1.807, 2.05) is 7.05 Å². The minimum absolute atomic E-state index is 0.0808. The van der Waals surface area contributed by atoms with Crippen molar-refractivity contribution in [2.24, 2.45) is 0 Å². The number of methoxy groups -OCH3 is 1. The molecule has 1 aliphatic heterocycles.